The van der Waals surface area contributed by atoms with E-state index in [9.17, 15) is 9.90 Å². The molecule has 4 heteroatoms. The second-order valence-corrected chi connectivity index (χ2v) is 4.16. The fourth-order valence-corrected chi connectivity index (χ4v) is 1.93. The summed E-state index contributed by atoms with van der Waals surface area (Å²) in [6.45, 7) is 2.98. The summed E-state index contributed by atoms with van der Waals surface area (Å²) in [5.41, 5.74) is 0.401. The lowest BCUT2D eigenvalue weighted by atomic mass is 10.2. The molecule has 0 saturated heterocycles. The largest absolute Gasteiger partial charge is 0.503 e. The van der Waals surface area contributed by atoms with Crippen molar-refractivity contribution in [3.63, 3.8) is 0 Å². The van der Waals surface area contributed by atoms with E-state index in [-0.39, 0.29) is 17.8 Å². The van der Waals surface area contributed by atoms with Crippen LogP contribution in [0.25, 0.3) is 0 Å². The lowest BCUT2D eigenvalue weighted by Gasteiger charge is -2.13. The van der Waals surface area contributed by atoms with Gasteiger partial charge < -0.3 is 14.8 Å². The molecular formula is C13H21NO3. The molecule has 0 fully saturated rings. The van der Waals surface area contributed by atoms with Crippen LogP contribution in [0.4, 0.5) is 0 Å². The van der Waals surface area contributed by atoms with Gasteiger partial charge in [0.2, 0.25) is 5.43 Å². The van der Waals surface area contributed by atoms with E-state index in [1.807, 2.05) is 11.5 Å². The Balaban J connectivity index is 2.59. The van der Waals surface area contributed by atoms with Crippen LogP contribution in [-0.4, -0.2) is 21.4 Å². The molecular weight excluding hydrogens is 218 g/mol. The van der Waals surface area contributed by atoms with Crippen molar-refractivity contribution < 1.29 is 10.2 Å². The van der Waals surface area contributed by atoms with Crippen LogP contribution in [0.1, 0.15) is 38.3 Å². The van der Waals surface area contributed by atoms with Gasteiger partial charge in [0.25, 0.3) is 0 Å². The number of aromatic hydroxyl groups is 1. The van der Waals surface area contributed by atoms with Crippen molar-refractivity contribution in [1.29, 1.82) is 0 Å². The van der Waals surface area contributed by atoms with Gasteiger partial charge in [-0.05, 0) is 19.3 Å². The molecule has 1 rings (SSSR count). The highest BCUT2D eigenvalue weighted by atomic mass is 16.3. The summed E-state index contributed by atoms with van der Waals surface area (Å²) >= 11 is 0. The molecule has 4 nitrogen and oxygen atoms in total. The molecule has 0 aromatic carbocycles. The fraction of sp³-hybridized carbons (Fsp3) is 0.615. The van der Waals surface area contributed by atoms with Gasteiger partial charge in [-0.15, -0.1) is 0 Å². The van der Waals surface area contributed by atoms with E-state index in [0.717, 1.165) is 32.2 Å². The van der Waals surface area contributed by atoms with E-state index < -0.39 is 0 Å². The van der Waals surface area contributed by atoms with Gasteiger partial charge in [0.1, 0.15) is 0 Å². The molecule has 0 aliphatic rings. The minimum absolute atomic E-state index is 0.120. The summed E-state index contributed by atoms with van der Waals surface area (Å²) in [6.07, 6.45) is 6.30. The van der Waals surface area contributed by atoms with Gasteiger partial charge >= 0.3 is 0 Å². The molecule has 96 valence electrons. The third-order valence-corrected chi connectivity index (χ3v) is 2.90. The molecule has 1 heterocycles. The Morgan fingerprint density at radius 1 is 1.24 bits per heavy atom. The summed E-state index contributed by atoms with van der Waals surface area (Å²) in [5, 5.41) is 18.3. The van der Waals surface area contributed by atoms with Crippen molar-refractivity contribution in [2.45, 2.75) is 45.6 Å². The summed E-state index contributed by atoms with van der Waals surface area (Å²) in [7, 11) is 0. The van der Waals surface area contributed by atoms with Crippen LogP contribution in [-0.2, 0) is 13.0 Å². The van der Waals surface area contributed by atoms with E-state index in [2.05, 4.69) is 0 Å². The standard InChI is InChI=1S/C13H21NO3/c1-2-11-13(17)12(16)7-9-14(11)8-5-3-4-6-10-15/h7,9,15,17H,2-6,8,10H2,1H3. The monoisotopic (exact) mass is 239 g/mol. The van der Waals surface area contributed by atoms with Crippen LogP contribution in [0.5, 0.6) is 5.75 Å². The smallest absolute Gasteiger partial charge is 0.223 e. The maximum absolute atomic E-state index is 11.3. The van der Waals surface area contributed by atoms with Gasteiger partial charge in [-0.1, -0.05) is 19.8 Å². The number of pyridine rings is 1. The Hall–Kier alpha value is -1.29. The van der Waals surface area contributed by atoms with Gasteiger partial charge in [-0.25, -0.2) is 0 Å². The first-order chi connectivity index (χ1) is 8.20. The molecule has 0 amide bonds. The van der Waals surface area contributed by atoms with Crippen LogP contribution in [0.3, 0.4) is 0 Å². The van der Waals surface area contributed by atoms with Gasteiger partial charge in [-0.2, -0.15) is 0 Å². The molecule has 1 aromatic rings. The maximum Gasteiger partial charge on any atom is 0.223 e. The van der Waals surface area contributed by atoms with Crippen molar-refractivity contribution >= 4 is 0 Å². The van der Waals surface area contributed by atoms with Gasteiger partial charge in [0.05, 0.1) is 5.69 Å². The summed E-state index contributed by atoms with van der Waals surface area (Å²) in [6, 6.07) is 1.40. The molecule has 2 N–H and O–H groups in total. The highest BCUT2D eigenvalue weighted by molar-refractivity contribution is 5.26. The molecule has 0 aliphatic heterocycles. The van der Waals surface area contributed by atoms with E-state index in [4.69, 9.17) is 5.11 Å². The van der Waals surface area contributed by atoms with E-state index >= 15 is 0 Å². The highest BCUT2D eigenvalue weighted by Crippen LogP contribution is 2.13. The second-order valence-electron chi connectivity index (χ2n) is 4.16. The average molecular weight is 239 g/mol. The maximum atomic E-state index is 11.3. The van der Waals surface area contributed by atoms with Gasteiger partial charge in [-0.3, -0.25) is 4.79 Å². The SMILES string of the molecule is CCc1c(O)c(=O)ccn1CCCCCCO. The molecule has 0 radical (unpaired) electrons. The molecule has 0 spiro atoms. The van der Waals surface area contributed by atoms with Crippen LogP contribution in [0.15, 0.2) is 17.1 Å². The van der Waals surface area contributed by atoms with Crippen LogP contribution < -0.4 is 5.43 Å². The lowest BCUT2D eigenvalue weighted by molar-refractivity contribution is 0.282. The Morgan fingerprint density at radius 3 is 2.59 bits per heavy atom. The molecule has 0 bridgehead atoms. The van der Waals surface area contributed by atoms with Crippen LogP contribution >= 0.6 is 0 Å². The number of aryl methyl sites for hydroxylation is 1. The second kappa shape index (κ2) is 7.12. The molecule has 1 aromatic heterocycles. The summed E-state index contributed by atoms with van der Waals surface area (Å²) < 4.78 is 1.94. The van der Waals surface area contributed by atoms with Crippen LogP contribution in [0, 0.1) is 0 Å². The fourth-order valence-electron chi connectivity index (χ4n) is 1.93. The quantitative estimate of drug-likeness (QED) is 0.711. The Bertz CT molecular complexity index is 398. The summed E-state index contributed by atoms with van der Waals surface area (Å²) in [4.78, 5) is 11.3. The third-order valence-electron chi connectivity index (χ3n) is 2.90. The number of unbranched alkanes of at least 4 members (excludes halogenated alkanes) is 3. The van der Waals surface area contributed by atoms with Crippen molar-refractivity contribution in [3.8, 4) is 5.75 Å². The number of aliphatic hydroxyl groups excluding tert-OH is 1. The number of aromatic nitrogens is 1. The topological polar surface area (TPSA) is 62.5 Å². The number of aliphatic hydroxyl groups is 1. The Morgan fingerprint density at radius 2 is 1.94 bits per heavy atom. The normalized spacial score (nSPS) is 10.7. The van der Waals surface area contributed by atoms with Crippen molar-refractivity contribution in [2.75, 3.05) is 6.61 Å². The molecule has 0 aliphatic carbocycles. The highest BCUT2D eigenvalue weighted by Gasteiger charge is 2.07. The molecule has 0 atom stereocenters. The van der Waals surface area contributed by atoms with Crippen molar-refractivity contribution in [1.82, 2.24) is 4.57 Å². The first-order valence-corrected chi connectivity index (χ1v) is 6.22. The minimum atomic E-state index is -0.307. The zero-order valence-corrected chi connectivity index (χ0v) is 10.4. The Labute approximate surface area is 102 Å². The lowest BCUT2D eigenvalue weighted by Crippen LogP contribution is -2.12. The predicted molar refractivity (Wildman–Crippen MR) is 67.3 cm³/mol. The van der Waals surface area contributed by atoms with E-state index in [1.165, 1.54) is 6.07 Å². The first-order valence-electron chi connectivity index (χ1n) is 6.22. The zero-order chi connectivity index (χ0) is 12.7. The number of rotatable bonds is 7. The molecule has 0 unspecified atom stereocenters. The van der Waals surface area contributed by atoms with E-state index in [0.29, 0.717) is 12.1 Å². The average Bonchev–Trinajstić information content (AvgIpc) is 2.33. The number of hydrogen-bond acceptors (Lipinski definition) is 3. The molecule has 0 saturated carbocycles. The number of hydrogen-bond donors (Lipinski definition) is 2. The van der Waals surface area contributed by atoms with E-state index in [1.54, 1.807) is 6.20 Å². The van der Waals surface area contributed by atoms with Crippen molar-refractivity contribution in [2.24, 2.45) is 0 Å². The minimum Gasteiger partial charge on any atom is -0.503 e. The van der Waals surface area contributed by atoms with Crippen molar-refractivity contribution in [3.05, 3.63) is 28.2 Å². The predicted octanol–water partition coefficient (Wildman–Crippen LogP) is 1.67. The van der Waals surface area contributed by atoms with Gasteiger partial charge in [0.15, 0.2) is 5.75 Å². The Kier molecular flexibility index (Phi) is 5.77. The first kappa shape index (κ1) is 13.8. The zero-order valence-electron chi connectivity index (χ0n) is 10.4. The van der Waals surface area contributed by atoms with Gasteiger partial charge in [0, 0.05) is 25.4 Å². The molecule has 17 heavy (non-hydrogen) atoms. The van der Waals surface area contributed by atoms with Crippen LogP contribution in [0.2, 0.25) is 0 Å². The third kappa shape index (κ3) is 3.89. The number of nitrogens with zero attached hydrogens (tertiary/aromatic N) is 1. The summed E-state index contributed by atoms with van der Waals surface area (Å²) in [5.74, 6) is -0.120.